The van der Waals surface area contributed by atoms with Crippen LogP contribution >= 0.6 is 0 Å². The summed E-state index contributed by atoms with van der Waals surface area (Å²) >= 11 is 0. The maximum Gasteiger partial charge on any atom is 0.243 e. The van der Waals surface area contributed by atoms with Gasteiger partial charge in [0, 0.05) is 39.5 Å². The van der Waals surface area contributed by atoms with Gasteiger partial charge in [-0.3, -0.25) is 4.79 Å². The summed E-state index contributed by atoms with van der Waals surface area (Å²) in [6.07, 6.45) is 3.62. The molecular formula is C24H30N4O4S. The van der Waals surface area contributed by atoms with Crippen molar-refractivity contribution in [3.8, 4) is 5.75 Å². The topological polar surface area (TPSA) is 93.5 Å². The lowest BCUT2D eigenvalue weighted by Crippen LogP contribution is -2.35. The average molecular weight is 471 g/mol. The minimum atomic E-state index is -3.51. The van der Waals surface area contributed by atoms with Crippen LogP contribution < -0.4 is 10.1 Å². The molecule has 8 nitrogen and oxygen atoms in total. The molecule has 1 aliphatic heterocycles. The minimum Gasteiger partial charge on any atom is -0.497 e. The van der Waals surface area contributed by atoms with Gasteiger partial charge in [-0.2, -0.15) is 4.31 Å². The van der Waals surface area contributed by atoms with Crippen LogP contribution in [0, 0.1) is 0 Å². The largest absolute Gasteiger partial charge is 0.497 e. The molecule has 2 heterocycles. The molecule has 1 aromatic heterocycles. The van der Waals surface area contributed by atoms with Gasteiger partial charge >= 0.3 is 0 Å². The molecule has 1 fully saturated rings. The molecule has 176 valence electrons. The molecule has 1 saturated heterocycles. The summed E-state index contributed by atoms with van der Waals surface area (Å²) in [7, 11) is -0.0124. The number of imidazole rings is 1. The van der Waals surface area contributed by atoms with Crippen LogP contribution in [0.15, 0.2) is 47.4 Å². The number of hydrogen-bond donors (Lipinski definition) is 1. The summed E-state index contributed by atoms with van der Waals surface area (Å²) in [5.74, 6) is 1.43. The van der Waals surface area contributed by atoms with Crippen LogP contribution in [0.5, 0.6) is 5.75 Å². The van der Waals surface area contributed by atoms with Crippen molar-refractivity contribution >= 4 is 27.0 Å². The zero-order chi connectivity index (χ0) is 23.4. The predicted molar refractivity (Wildman–Crippen MR) is 126 cm³/mol. The first kappa shape index (κ1) is 23.3. The highest BCUT2D eigenvalue weighted by molar-refractivity contribution is 7.89. The van der Waals surface area contributed by atoms with Crippen molar-refractivity contribution in [1.82, 2.24) is 19.2 Å². The number of nitrogens with one attached hydrogen (secondary N) is 1. The summed E-state index contributed by atoms with van der Waals surface area (Å²) in [4.78, 5) is 17.3. The maximum absolute atomic E-state index is 13.0. The van der Waals surface area contributed by atoms with Gasteiger partial charge in [0.1, 0.15) is 11.6 Å². The number of benzene rings is 2. The molecule has 0 bridgehead atoms. The number of fused-ring (bicyclic) bond motifs is 1. The molecule has 9 heteroatoms. The summed E-state index contributed by atoms with van der Waals surface area (Å²) in [6, 6.07) is 12.7. The first-order valence-corrected chi connectivity index (χ1v) is 12.7. The van der Waals surface area contributed by atoms with Gasteiger partial charge in [-0.1, -0.05) is 18.6 Å². The average Bonchev–Trinajstić information content (AvgIpc) is 3.16. The third kappa shape index (κ3) is 5.20. The van der Waals surface area contributed by atoms with Crippen LogP contribution in [0.25, 0.3) is 11.0 Å². The van der Waals surface area contributed by atoms with Crippen LogP contribution in [0.4, 0.5) is 0 Å². The van der Waals surface area contributed by atoms with Crippen molar-refractivity contribution in [3.05, 3.63) is 53.9 Å². The number of nitrogens with zero attached hydrogens (tertiary/aromatic N) is 3. The van der Waals surface area contributed by atoms with Gasteiger partial charge in [0.2, 0.25) is 15.9 Å². The third-order valence-electron chi connectivity index (χ3n) is 6.10. The summed E-state index contributed by atoms with van der Waals surface area (Å²) < 4.78 is 34.7. The lowest BCUT2D eigenvalue weighted by atomic mass is 10.2. The summed E-state index contributed by atoms with van der Waals surface area (Å²) in [5, 5.41) is 2.92. The molecule has 0 unspecified atom stereocenters. The zero-order valence-corrected chi connectivity index (χ0v) is 19.9. The van der Waals surface area contributed by atoms with E-state index in [0.717, 1.165) is 41.9 Å². The summed E-state index contributed by atoms with van der Waals surface area (Å²) in [6.45, 7) is 1.56. The molecule has 1 N–H and O–H groups in total. The van der Waals surface area contributed by atoms with Crippen molar-refractivity contribution in [1.29, 1.82) is 0 Å². The molecule has 0 saturated carbocycles. The van der Waals surface area contributed by atoms with Crippen molar-refractivity contribution < 1.29 is 17.9 Å². The van der Waals surface area contributed by atoms with Gasteiger partial charge in [-0.05, 0) is 48.7 Å². The highest BCUT2D eigenvalue weighted by Gasteiger charge is 2.26. The standard InChI is InChI=1S/C24H30N4O4S/c1-27-22-10-9-20(33(30,31)28-13-4-3-5-14-28)16-21(22)26-23(27)11-12-24(29)25-17-18-7-6-8-19(15-18)32-2/h6-10,15-16H,3-5,11-14,17H2,1-2H3,(H,25,29). The number of sulfonamides is 1. The Morgan fingerprint density at radius 1 is 1.12 bits per heavy atom. The predicted octanol–water partition coefficient (Wildman–Crippen LogP) is 3.01. The Bertz CT molecular complexity index is 1250. The van der Waals surface area contributed by atoms with Crippen molar-refractivity contribution in [2.24, 2.45) is 7.05 Å². The molecule has 0 aliphatic carbocycles. The van der Waals surface area contributed by atoms with E-state index in [1.54, 1.807) is 29.6 Å². The Balaban J connectivity index is 1.41. The van der Waals surface area contributed by atoms with Crippen LogP contribution in [0.2, 0.25) is 0 Å². The molecule has 1 amide bonds. The molecule has 0 atom stereocenters. The Kier molecular flexibility index (Phi) is 6.99. The Morgan fingerprint density at radius 3 is 2.67 bits per heavy atom. The number of ether oxygens (including phenoxy) is 1. The Hall–Kier alpha value is -2.91. The lowest BCUT2D eigenvalue weighted by molar-refractivity contribution is -0.121. The second-order valence-corrected chi connectivity index (χ2v) is 10.3. The number of methoxy groups -OCH3 is 1. The van der Waals surface area contributed by atoms with E-state index in [0.29, 0.717) is 38.0 Å². The van der Waals surface area contributed by atoms with Gasteiger partial charge in [-0.15, -0.1) is 0 Å². The number of carbonyl (C=O) groups is 1. The Morgan fingerprint density at radius 2 is 1.91 bits per heavy atom. The molecular weight excluding hydrogens is 440 g/mol. The molecule has 2 aromatic carbocycles. The maximum atomic E-state index is 13.0. The molecule has 1 aliphatic rings. The number of rotatable bonds is 8. The SMILES string of the molecule is COc1cccc(CNC(=O)CCc2nc3cc(S(=O)(=O)N4CCCCC4)ccc3n2C)c1. The second kappa shape index (κ2) is 9.93. The first-order valence-electron chi connectivity index (χ1n) is 11.2. The summed E-state index contributed by atoms with van der Waals surface area (Å²) in [5.41, 5.74) is 2.44. The number of hydrogen-bond acceptors (Lipinski definition) is 5. The lowest BCUT2D eigenvalue weighted by Gasteiger charge is -2.25. The number of carbonyl (C=O) groups excluding carboxylic acids is 1. The van der Waals surface area contributed by atoms with Gasteiger partial charge in [0.15, 0.2) is 0 Å². The number of amides is 1. The van der Waals surface area contributed by atoms with E-state index in [1.807, 2.05) is 35.9 Å². The van der Waals surface area contributed by atoms with E-state index in [4.69, 9.17) is 4.74 Å². The number of aromatic nitrogens is 2. The van der Waals surface area contributed by atoms with Crippen LogP contribution in [-0.2, 0) is 34.8 Å². The van der Waals surface area contributed by atoms with E-state index in [2.05, 4.69) is 10.3 Å². The van der Waals surface area contributed by atoms with E-state index >= 15 is 0 Å². The van der Waals surface area contributed by atoms with E-state index in [9.17, 15) is 13.2 Å². The second-order valence-electron chi connectivity index (χ2n) is 8.33. The highest BCUT2D eigenvalue weighted by atomic mass is 32.2. The molecule has 0 radical (unpaired) electrons. The minimum absolute atomic E-state index is 0.0711. The van der Waals surface area contributed by atoms with E-state index in [1.165, 1.54) is 0 Å². The van der Waals surface area contributed by atoms with E-state index < -0.39 is 10.0 Å². The van der Waals surface area contributed by atoms with Crippen LogP contribution in [-0.4, -0.2) is 48.4 Å². The quantitative estimate of drug-likeness (QED) is 0.546. The molecule has 3 aromatic rings. The van der Waals surface area contributed by atoms with Crippen molar-refractivity contribution in [2.45, 2.75) is 43.5 Å². The van der Waals surface area contributed by atoms with Gasteiger partial charge in [0.05, 0.1) is 23.0 Å². The number of aryl methyl sites for hydroxylation is 2. The number of piperidine rings is 1. The molecule has 0 spiro atoms. The molecule has 4 rings (SSSR count). The van der Waals surface area contributed by atoms with Crippen LogP contribution in [0.3, 0.4) is 0 Å². The monoisotopic (exact) mass is 470 g/mol. The fraction of sp³-hybridized carbons (Fsp3) is 0.417. The third-order valence-corrected chi connectivity index (χ3v) is 7.99. The zero-order valence-electron chi connectivity index (χ0n) is 19.1. The first-order chi connectivity index (χ1) is 15.9. The van der Waals surface area contributed by atoms with Crippen molar-refractivity contribution in [3.63, 3.8) is 0 Å². The fourth-order valence-corrected chi connectivity index (χ4v) is 5.70. The Labute approximate surface area is 194 Å². The van der Waals surface area contributed by atoms with Gasteiger partial charge in [-0.25, -0.2) is 13.4 Å². The van der Waals surface area contributed by atoms with Gasteiger partial charge in [0.25, 0.3) is 0 Å². The van der Waals surface area contributed by atoms with Gasteiger partial charge < -0.3 is 14.6 Å². The fourth-order valence-electron chi connectivity index (χ4n) is 4.16. The van der Waals surface area contributed by atoms with Crippen LogP contribution in [0.1, 0.15) is 37.1 Å². The van der Waals surface area contributed by atoms with E-state index in [-0.39, 0.29) is 10.8 Å². The smallest absolute Gasteiger partial charge is 0.243 e. The normalized spacial score (nSPS) is 15.0. The molecule has 33 heavy (non-hydrogen) atoms. The highest BCUT2D eigenvalue weighted by Crippen LogP contribution is 2.25. The van der Waals surface area contributed by atoms with Crippen molar-refractivity contribution in [2.75, 3.05) is 20.2 Å².